The molecule has 0 saturated heterocycles. The topological polar surface area (TPSA) is 105 Å². The molecule has 0 radical (unpaired) electrons. The lowest BCUT2D eigenvalue weighted by molar-refractivity contribution is -0.366. The second-order valence-corrected chi connectivity index (χ2v) is 4.38. The molecular formula is C9H15NO4S. The number of hydrogen-bond donors (Lipinski definition) is 2. The van der Waals surface area contributed by atoms with Crippen molar-refractivity contribution < 1.29 is 23.8 Å². The molecule has 1 rings (SSSR count). The highest BCUT2D eigenvalue weighted by atomic mass is 32.2. The maximum atomic E-state index is 9.08. The molecule has 0 saturated carbocycles. The smallest absolute Gasteiger partial charge is 0.115 e. The van der Waals surface area contributed by atoms with Crippen LogP contribution in [0.25, 0.3) is 0 Å². The standard InChI is InChI=1S/C8H11NO.CH4O3S/c9-6-5-7-1-3-8(10)4-2-7;1-5(2,3)4/h1-4,10H,5-6,9H2;1H3,(H,2,3,4). The van der Waals surface area contributed by atoms with Gasteiger partial charge in [-0.05, 0) is 17.7 Å². The lowest BCUT2D eigenvalue weighted by Gasteiger charge is -1.95. The minimum atomic E-state index is -3.92. The average molecular weight is 233 g/mol. The van der Waals surface area contributed by atoms with E-state index in [1.54, 1.807) is 12.1 Å². The summed E-state index contributed by atoms with van der Waals surface area (Å²) in [5, 5.41) is 8.91. The Bertz CT molecular complexity index is 364. The summed E-state index contributed by atoms with van der Waals surface area (Å²) in [5.74, 6) is 0.327. The molecule has 0 fully saturated rings. The molecule has 0 aliphatic carbocycles. The summed E-state index contributed by atoms with van der Waals surface area (Å²) in [6.07, 6.45) is 1.59. The Balaban J connectivity index is 0.000000336. The van der Waals surface area contributed by atoms with Crippen molar-refractivity contribution in [2.45, 2.75) is 6.42 Å². The van der Waals surface area contributed by atoms with Gasteiger partial charge in [0.2, 0.25) is 0 Å². The second kappa shape index (κ2) is 6.39. The lowest BCUT2D eigenvalue weighted by atomic mass is 10.1. The number of rotatable bonds is 2. The van der Waals surface area contributed by atoms with Crippen LogP contribution in [0.4, 0.5) is 0 Å². The molecule has 0 unspecified atom stereocenters. The highest BCUT2D eigenvalue weighted by molar-refractivity contribution is 7.84. The number of hydrogen-bond acceptors (Lipinski definition) is 4. The Hall–Kier alpha value is -1.11. The maximum absolute atomic E-state index is 9.08. The molecule has 86 valence electrons. The van der Waals surface area contributed by atoms with Gasteiger partial charge in [0, 0.05) is 12.7 Å². The van der Waals surface area contributed by atoms with Gasteiger partial charge >= 0.3 is 0 Å². The van der Waals surface area contributed by atoms with Gasteiger partial charge in [0.15, 0.2) is 0 Å². The summed E-state index contributed by atoms with van der Waals surface area (Å²) < 4.78 is 27.2. The Morgan fingerprint density at radius 2 is 1.73 bits per heavy atom. The first kappa shape index (κ1) is 13.9. The van der Waals surface area contributed by atoms with Crippen LogP contribution in [0.1, 0.15) is 5.56 Å². The first-order valence-corrected chi connectivity index (χ1v) is 6.12. The van der Waals surface area contributed by atoms with Gasteiger partial charge in [-0.15, -0.1) is 0 Å². The van der Waals surface area contributed by atoms with Crippen molar-refractivity contribution in [1.29, 1.82) is 0 Å². The van der Waals surface area contributed by atoms with Crippen molar-refractivity contribution in [3.05, 3.63) is 29.8 Å². The zero-order valence-electron chi connectivity index (χ0n) is 8.51. The monoisotopic (exact) mass is 233 g/mol. The number of benzene rings is 1. The minimum Gasteiger partial charge on any atom is -0.748 e. The molecule has 4 N–H and O–H groups in total. The Kier molecular flexibility index (Phi) is 5.92. The molecule has 0 aliphatic rings. The fraction of sp³-hybridized carbons (Fsp3) is 0.333. The van der Waals surface area contributed by atoms with Gasteiger partial charge in [0.05, 0.1) is 16.7 Å². The van der Waals surface area contributed by atoms with E-state index in [1.165, 1.54) is 5.56 Å². The molecule has 1 aromatic carbocycles. The third-order valence-electron chi connectivity index (χ3n) is 1.40. The summed E-state index contributed by atoms with van der Waals surface area (Å²) in [4.78, 5) is 0. The predicted molar refractivity (Wildman–Crippen MR) is 55.2 cm³/mol. The van der Waals surface area contributed by atoms with E-state index in [0.29, 0.717) is 12.0 Å². The molecule has 0 spiro atoms. The van der Waals surface area contributed by atoms with E-state index in [9.17, 15) is 0 Å². The van der Waals surface area contributed by atoms with Gasteiger partial charge in [0.1, 0.15) is 5.75 Å². The fourth-order valence-corrected chi connectivity index (χ4v) is 0.867. The molecule has 1 aromatic rings. The first-order chi connectivity index (χ1) is 6.83. The van der Waals surface area contributed by atoms with Crippen LogP contribution < -0.4 is 5.73 Å². The van der Waals surface area contributed by atoms with Crippen molar-refractivity contribution in [2.24, 2.45) is 0 Å². The lowest BCUT2D eigenvalue weighted by Crippen LogP contribution is -2.51. The van der Waals surface area contributed by atoms with Gasteiger partial charge in [-0.2, -0.15) is 0 Å². The van der Waals surface area contributed by atoms with E-state index < -0.39 is 10.1 Å². The molecule has 6 heteroatoms. The van der Waals surface area contributed by atoms with E-state index in [-0.39, 0.29) is 0 Å². The molecule has 0 atom stereocenters. The van der Waals surface area contributed by atoms with Crippen LogP contribution >= 0.6 is 0 Å². The minimum absolute atomic E-state index is 0.327. The van der Waals surface area contributed by atoms with Crippen molar-refractivity contribution in [2.75, 3.05) is 12.8 Å². The zero-order valence-corrected chi connectivity index (χ0v) is 9.33. The predicted octanol–water partition coefficient (Wildman–Crippen LogP) is -0.662. The highest BCUT2D eigenvalue weighted by Crippen LogP contribution is 2.08. The van der Waals surface area contributed by atoms with Crippen LogP contribution in [-0.4, -0.2) is 30.9 Å². The summed E-state index contributed by atoms with van der Waals surface area (Å²) in [7, 11) is -3.92. The molecule has 0 bridgehead atoms. The van der Waals surface area contributed by atoms with Crippen molar-refractivity contribution >= 4 is 10.1 Å². The van der Waals surface area contributed by atoms with E-state index in [4.69, 9.17) is 18.1 Å². The Labute approximate surface area is 89.3 Å². The van der Waals surface area contributed by atoms with Gasteiger partial charge in [-0.1, -0.05) is 12.1 Å². The van der Waals surface area contributed by atoms with Gasteiger partial charge in [-0.3, -0.25) is 0 Å². The Morgan fingerprint density at radius 1 is 1.33 bits per heavy atom. The third kappa shape index (κ3) is 10.8. The first-order valence-electron chi connectivity index (χ1n) is 4.31. The van der Waals surface area contributed by atoms with E-state index in [2.05, 4.69) is 5.73 Å². The highest BCUT2D eigenvalue weighted by Gasteiger charge is 1.90. The molecule has 0 amide bonds. The van der Waals surface area contributed by atoms with Crippen molar-refractivity contribution in [3.63, 3.8) is 0 Å². The third-order valence-corrected chi connectivity index (χ3v) is 1.40. The second-order valence-electron chi connectivity index (χ2n) is 2.97. The average Bonchev–Trinajstić information content (AvgIpc) is 2.06. The van der Waals surface area contributed by atoms with E-state index >= 15 is 0 Å². The summed E-state index contributed by atoms with van der Waals surface area (Å²) in [5.41, 5.74) is 4.97. The normalized spacial score (nSPS) is 10.3. The van der Waals surface area contributed by atoms with Crippen LogP contribution in [-0.2, 0) is 16.5 Å². The summed E-state index contributed by atoms with van der Waals surface area (Å²) in [6, 6.07) is 7.23. The zero-order chi connectivity index (χ0) is 11.9. The molecule has 0 heterocycles. The fourth-order valence-electron chi connectivity index (χ4n) is 0.867. The van der Waals surface area contributed by atoms with Gasteiger partial charge in [-0.25, -0.2) is 8.42 Å². The van der Waals surface area contributed by atoms with Gasteiger partial charge in [0.25, 0.3) is 0 Å². The van der Waals surface area contributed by atoms with Crippen LogP contribution in [0.2, 0.25) is 0 Å². The quantitative estimate of drug-likeness (QED) is 0.661. The molecule has 0 aliphatic heterocycles. The largest absolute Gasteiger partial charge is 0.748 e. The van der Waals surface area contributed by atoms with Crippen LogP contribution in [0.3, 0.4) is 0 Å². The number of phenolic OH excluding ortho intramolecular Hbond substituents is 1. The SMILES string of the molecule is CS(=O)(=O)[O-].[NH3+]CCc1ccc(O)cc1. The van der Waals surface area contributed by atoms with E-state index in [1.807, 2.05) is 12.1 Å². The Morgan fingerprint density at radius 3 is 2.07 bits per heavy atom. The number of phenols is 1. The van der Waals surface area contributed by atoms with Crippen molar-refractivity contribution in [3.8, 4) is 5.75 Å². The van der Waals surface area contributed by atoms with Crippen LogP contribution in [0.15, 0.2) is 24.3 Å². The van der Waals surface area contributed by atoms with Crippen LogP contribution in [0, 0.1) is 0 Å². The van der Waals surface area contributed by atoms with Crippen molar-refractivity contribution in [1.82, 2.24) is 0 Å². The maximum Gasteiger partial charge on any atom is 0.115 e. The summed E-state index contributed by atoms with van der Waals surface area (Å²) >= 11 is 0. The van der Waals surface area contributed by atoms with Gasteiger partial charge < -0.3 is 15.4 Å². The number of aromatic hydroxyl groups is 1. The molecular weight excluding hydrogens is 218 g/mol. The molecule has 0 aromatic heterocycles. The van der Waals surface area contributed by atoms with E-state index in [0.717, 1.165) is 13.0 Å². The van der Waals surface area contributed by atoms with Crippen LogP contribution in [0.5, 0.6) is 5.75 Å². The summed E-state index contributed by atoms with van der Waals surface area (Å²) in [6.45, 7) is 0.908. The molecule has 15 heavy (non-hydrogen) atoms. The molecule has 5 nitrogen and oxygen atoms in total. The number of quaternary nitrogens is 1.